The van der Waals surface area contributed by atoms with Crippen molar-refractivity contribution in [1.29, 1.82) is 5.26 Å². The van der Waals surface area contributed by atoms with Crippen molar-refractivity contribution in [1.82, 2.24) is 5.32 Å². The highest BCUT2D eigenvalue weighted by Crippen LogP contribution is 2.29. The molecule has 1 saturated carbocycles. The molecular weight excluding hydrogens is 260 g/mol. The van der Waals surface area contributed by atoms with Crippen LogP contribution in [0.3, 0.4) is 0 Å². The van der Waals surface area contributed by atoms with Crippen molar-refractivity contribution >= 4 is 0 Å². The number of rotatable bonds is 6. The molecule has 0 spiro atoms. The van der Waals surface area contributed by atoms with Crippen LogP contribution < -0.4 is 10.1 Å². The number of hydrogen-bond donors (Lipinski definition) is 1. The van der Waals surface area contributed by atoms with E-state index in [4.69, 9.17) is 10.00 Å². The first-order valence-electron chi connectivity index (χ1n) is 8.00. The summed E-state index contributed by atoms with van der Waals surface area (Å²) in [5, 5.41) is 12.6. The maximum absolute atomic E-state index is 9.09. The Hall–Kier alpha value is -1.53. The third-order valence-electron chi connectivity index (χ3n) is 4.58. The highest BCUT2D eigenvalue weighted by Gasteiger charge is 2.17. The van der Waals surface area contributed by atoms with Crippen LogP contribution >= 0.6 is 0 Å². The monoisotopic (exact) mass is 286 g/mol. The van der Waals surface area contributed by atoms with Crippen LogP contribution in [0, 0.1) is 23.2 Å². The molecule has 0 atom stereocenters. The van der Waals surface area contributed by atoms with Gasteiger partial charge in [-0.05, 0) is 42.5 Å². The fraction of sp³-hybridized carbons (Fsp3) is 0.611. The Labute approximate surface area is 128 Å². The maximum Gasteiger partial charge on any atom is 0.136 e. The van der Waals surface area contributed by atoms with E-state index in [1.165, 1.54) is 32.1 Å². The van der Waals surface area contributed by atoms with E-state index in [2.05, 4.69) is 18.3 Å². The Morgan fingerprint density at radius 3 is 2.71 bits per heavy atom. The van der Waals surface area contributed by atoms with E-state index < -0.39 is 0 Å². The van der Waals surface area contributed by atoms with E-state index in [1.54, 1.807) is 7.11 Å². The molecule has 0 aromatic heterocycles. The number of methoxy groups -OCH3 is 1. The van der Waals surface area contributed by atoms with E-state index in [0.717, 1.165) is 30.5 Å². The molecule has 0 saturated heterocycles. The van der Waals surface area contributed by atoms with Gasteiger partial charge in [-0.2, -0.15) is 5.26 Å². The normalized spacial score (nSPS) is 21.8. The molecule has 0 amide bonds. The first-order valence-corrected chi connectivity index (χ1v) is 8.00. The van der Waals surface area contributed by atoms with Crippen molar-refractivity contribution in [2.45, 2.75) is 45.6 Å². The van der Waals surface area contributed by atoms with Gasteiger partial charge in [0.2, 0.25) is 0 Å². The molecular formula is C18H26N2O. The number of nitriles is 1. The minimum atomic E-state index is 0.609. The lowest BCUT2D eigenvalue weighted by atomic mass is 9.81. The Morgan fingerprint density at radius 2 is 2.05 bits per heavy atom. The summed E-state index contributed by atoms with van der Waals surface area (Å²) in [6, 6.07) is 7.99. The second-order valence-electron chi connectivity index (χ2n) is 6.24. The minimum absolute atomic E-state index is 0.609. The largest absolute Gasteiger partial charge is 0.495 e. The van der Waals surface area contributed by atoms with Crippen LogP contribution in [-0.2, 0) is 6.54 Å². The molecule has 0 unspecified atom stereocenters. The van der Waals surface area contributed by atoms with Gasteiger partial charge < -0.3 is 10.1 Å². The molecule has 3 heteroatoms. The van der Waals surface area contributed by atoms with Crippen molar-refractivity contribution in [3.63, 3.8) is 0 Å². The van der Waals surface area contributed by atoms with E-state index in [0.29, 0.717) is 11.3 Å². The van der Waals surface area contributed by atoms with E-state index in [9.17, 15) is 0 Å². The first-order chi connectivity index (χ1) is 10.2. The van der Waals surface area contributed by atoms with Crippen LogP contribution in [0.5, 0.6) is 5.75 Å². The third-order valence-corrected chi connectivity index (χ3v) is 4.58. The summed E-state index contributed by atoms with van der Waals surface area (Å²) < 4.78 is 5.16. The van der Waals surface area contributed by atoms with Gasteiger partial charge in [-0.3, -0.25) is 0 Å². The third kappa shape index (κ3) is 4.75. The molecule has 0 bridgehead atoms. The van der Waals surface area contributed by atoms with Gasteiger partial charge in [-0.1, -0.05) is 38.7 Å². The Bertz CT molecular complexity index is 484. The summed E-state index contributed by atoms with van der Waals surface area (Å²) in [6.07, 6.45) is 6.85. The molecule has 1 N–H and O–H groups in total. The maximum atomic E-state index is 9.09. The summed E-state index contributed by atoms with van der Waals surface area (Å²) >= 11 is 0. The van der Waals surface area contributed by atoms with Gasteiger partial charge in [0.05, 0.1) is 12.7 Å². The number of benzene rings is 1. The van der Waals surface area contributed by atoms with Gasteiger partial charge in [0.15, 0.2) is 0 Å². The Morgan fingerprint density at radius 1 is 1.29 bits per heavy atom. The molecule has 3 nitrogen and oxygen atoms in total. The zero-order valence-corrected chi connectivity index (χ0v) is 13.2. The summed E-state index contributed by atoms with van der Waals surface area (Å²) in [5.41, 5.74) is 1.75. The summed E-state index contributed by atoms with van der Waals surface area (Å²) in [6.45, 7) is 4.25. The van der Waals surface area contributed by atoms with E-state index in [-0.39, 0.29) is 0 Å². The minimum Gasteiger partial charge on any atom is -0.495 e. The van der Waals surface area contributed by atoms with Crippen LogP contribution in [0.1, 0.15) is 50.2 Å². The van der Waals surface area contributed by atoms with Crippen molar-refractivity contribution in [3.8, 4) is 11.8 Å². The van der Waals surface area contributed by atoms with Crippen molar-refractivity contribution in [3.05, 3.63) is 29.3 Å². The van der Waals surface area contributed by atoms with Crippen LogP contribution in [0.4, 0.5) is 0 Å². The first kappa shape index (κ1) is 15.9. The molecule has 0 aliphatic heterocycles. The predicted octanol–water partition coefficient (Wildman–Crippen LogP) is 3.87. The number of nitrogens with one attached hydrogen (secondary N) is 1. The second-order valence-corrected chi connectivity index (χ2v) is 6.24. The topological polar surface area (TPSA) is 45.0 Å². The van der Waals surface area contributed by atoms with Crippen molar-refractivity contribution in [2.75, 3.05) is 13.7 Å². The zero-order valence-electron chi connectivity index (χ0n) is 13.2. The smallest absolute Gasteiger partial charge is 0.136 e. The van der Waals surface area contributed by atoms with Gasteiger partial charge in [-0.25, -0.2) is 0 Å². The molecule has 1 aromatic carbocycles. The zero-order chi connectivity index (χ0) is 15.1. The fourth-order valence-corrected chi connectivity index (χ4v) is 3.11. The average molecular weight is 286 g/mol. The number of nitrogens with zero attached hydrogens (tertiary/aromatic N) is 1. The van der Waals surface area contributed by atoms with Crippen LogP contribution in [-0.4, -0.2) is 13.7 Å². The molecule has 1 aromatic rings. The van der Waals surface area contributed by atoms with Crippen LogP contribution in [0.15, 0.2) is 18.2 Å². The molecule has 21 heavy (non-hydrogen) atoms. The molecule has 1 aliphatic rings. The van der Waals surface area contributed by atoms with Crippen LogP contribution in [0.25, 0.3) is 0 Å². The van der Waals surface area contributed by atoms with Gasteiger partial charge in [0, 0.05) is 6.54 Å². The molecule has 1 fully saturated rings. The lowest BCUT2D eigenvalue weighted by molar-refractivity contribution is 0.275. The fourth-order valence-electron chi connectivity index (χ4n) is 3.11. The van der Waals surface area contributed by atoms with Crippen molar-refractivity contribution in [2.24, 2.45) is 11.8 Å². The van der Waals surface area contributed by atoms with E-state index in [1.807, 2.05) is 18.2 Å². The molecule has 0 radical (unpaired) electrons. The summed E-state index contributed by atoms with van der Waals surface area (Å²) in [7, 11) is 1.60. The van der Waals surface area contributed by atoms with Crippen LogP contribution in [0.2, 0.25) is 0 Å². The SMILES string of the molecule is COc1ccc(CNCCC2CCC(C)CC2)cc1C#N. The van der Waals surface area contributed by atoms with Crippen molar-refractivity contribution < 1.29 is 4.74 Å². The highest BCUT2D eigenvalue weighted by molar-refractivity contribution is 5.45. The number of ether oxygens (including phenoxy) is 1. The average Bonchev–Trinajstić information content (AvgIpc) is 2.53. The number of hydrogen-bond acceptors (Lipinski definition) is 3. The highest BCUT2D eigenvalue weighted by atomic mass is 16.5. The quantitative estimate of drug-likeness (QED) is 0.807. The molecule has 0 heterocycles. The van der Waals surface area contributed by atoms with E-state index >= 15 is 0 Å². The Kier molecular flexibility index (Phi) is 6.07. The lowest BCUT2D eigenvalue weighted by Crippen LogP contribution is -2.20. The van der Waals surface area contributed by atoms with Gasteiger partial charge in [-0.15, -0.1) is 0 Å². The van der Waals surface area contributed by atoms with Gasteiger partial charge in [0.1, 0.15) is 11.8 Å². The predicted molar refractivity (Wildman–Crippen MR) is 85.2 cm³/mol. The van der Waals surface area contributed by atoms with Gasteiger partial charge in [0.25, 0.3) is 0 Å². The summed E-state index contributed by atoms with van der Waals surface area (Å²) in [5.74, 6) is 2.48. The second kappa shape index (κ2) is 8.05. The summed E-state index contributed by atoms with van der Waals surface area (Å²) in [4.78, 5) is 0. The van der Waals surface area contributed by atoms with Gasteiger partial charge >= 0.3 is 0 Å². The molecule has 1 aliphatic carbocycles. The molecule has 114 valence electrons. The molecule has 2 rings (SSSR count). The lowest BCUT2D eigenvalue weighted by Gasteiger charge is -2.26. The Balaban J connectivity index is 1.72. The standard InChI is InChI=1S/C18H26N2O/c1-14-3-5-15(6-4-14)9-10-20-13-16-7-8-18(21-2)17(11-16)12-19/h7-8,11,14-15,20H,3-6,9-10,13H2,1-2H3.